The fraction of sp³-hybridized carbons (Fsp3) is 0.846. The number of carbonyl (C=O) groups excluding carboxylic acids is 1. The molecule has 0 bridgehead atoms. The Morgan fingerprint density at radius 2 is 2.00 bits per heavy atom. The van der Waals surface area contributed by atoms with E-state index in [2.05, 4.69) is 22.5 Å². The molecule has 20 heavy (non-hydrogen) atoms. The second-order valence-electron chi connectivity index (χ2n) is 5.31. The Balaban J connectivity index is 2.22. The second-order valence-corrected chi connectivity index (χ2v) is 5.31. The van der Waals surface area contributed by atoms with Gasteiger partial charge in [0.15, 0.2) is 6.04 Å². The van der Waals surface area contributed by atoms with Crippen molar-refractivity contribution in [1.29, 1.82) is 0 Å². The summed E-state index contributed by atoms with van der Waals surface area (Å²) in [5.41, 5.74) is 0. The highest BCUT2D eigenvalue weighted by Gasteiger charge is 2.20. The number of aliphatic carboxylic acids is 1. The van der Waals surface area contributed by atoms with E-state index in [1.807, 2.05) is 0 Å². The largest absolute Gasteiger partial charge is 0.480 e. The van der Waals surface area contributed by atoms with Gasteiger partial charge in [-0.2, -0.15) is 0 Å². The van der Waals surface area contributed by atoms with Crippen LogP contribution in [0.15, 0.2) is 0 Å². The van der Waals surface area contributed by atoms with Crippen molar-refractivity contribution in [1.82, 2.24) is 15.5 Å². The average molecular weight is 287 g/mol. The SMILES string of the molecule is COCC(NC(=O)NCC(C)CN1CCCC1)C(=O)O. The third-order valence-electron chi connectivity index (χ3n) is 3.32. The molecule has 0 aromatic rings. The lowest BCUT2D eigenvalue weighted by atomic mass is 10.1. The molecule has 1 rings (SSSR count). The molecule has 116 valence electrons. The van der Waals surface area contributed by atoms with E-state index in [0.29, 0.717) is 12.5 Å². The first-order valence-electron chi connectivity index (χ1n) is 7.01. The number of ether oxygens (including phenoxy) is 1. The Hall–Kier alpha value is -1.34. The number of rotatable bonds is 8. The van der Waals surface area contributed by atoms with Crippen LogP contribution in [0.3, 0.4) is 0 Å². The lowest BCUT2D eigenvalue weighted by Gasteiger charge is -2.21. The van der Waals surface area contributed by atoms with Gasteiger partial charge in [0, 0.05) is 20.2 Å². The topological polar surface area (TPSA) is 90.9 Å². The Morgan fingerprint density at radius 3 is 2.55 bits per heavy atom. The van der Waals surface area contributed by atoms with Crippen LogP contribution in [0, 0.1) is 5.92 Å². The Bertz CT molecular complexity index is 319. The van der Waals surface area contributed by atoms with Crippen LogP contribution >= 0.6 is 0 Å². The minimum Gasteiger partial charge on any atom is -0.480 e. The highest BCUT2D eigenvalue weighted by molar-refractivity contribution is 5.82. The summed E-state index contributed by atoms with van der Waals surface area (Å²) in [6.45, 7) is 5.77. The van der Waals surface area contributed by atoms with E-state index in [4.69, 9.17) is 9.84 Å². The smallest absolute Gasteiger partial charge is 0.328 e. The number of nitrogens with one attached hydrogen (secondary N) is 2. The zero-order valence-corrected chi connectivity index (χ0v) is 12.2. The van der Waals surface area contributed by atoms with Gasteiger partial charge in [0.2, 0.25) is 0 Å². The van der Waals surface area contributed by atoms with Crippen LogP contribution < -0.4 is 10.6 Å². The maximum Gasteiger partial charge on any atom is 0.328 e. The van der Waals surface area contributed by atoms with Gasteiger partial charge in [-0.25, -0.2) is 9.59 Å². The monoisotopic (exact) mass is 287 g/mol. The van der Waals surface area contributed by atoms with E-state index < -0.39 is 18.0 Å². The summed E-state index contributed by atoms with van der Waals surface area (Å²) in [7, 11) is 1.40. The zero-order chi connectivity index (χ0) is 15.0. The van der Waals surface area contributed by atoms with Gasteiger partial charge in [-0.1, -0.05) is 6.92 Å². The molecule has 1 aliphatic rings. The molecule has 1 heterocycles. The number of urea groups is 1. The van der Waals surface area contributed by atoms with E-state index in [0.717, 1.165) is 19.6 Å². The predicted molar refractivity (Wildman–Crippen MR) is 74.7 cm³/mol. The van der Waals surface area contributed by atoms with Crippen LogP contribution in [-0.2, 0) is 9.53 Å². The Kier molecular flexibility index (Phi) is 7.32. The summed E-state index contributed by atoms with van der Waals surface area (Å²) in [6.07, 6.45) is 2.50. The van der Waals surface area contributed by atoms with Crippen molar-refractivity contribution in [3.63, 3.8) is 0 Å². The van der Waals surface area contributed by atoms with Crippen molar-refractivity contribution < 1.29 is 19.4 Å². The minimum absolute atomic E-state index is 0.0495. The van der Waals surface area contributed by atoms with Gasteiger partial charge in [-0.15, -0.1) is 0 Å². The normalized spacial score (nSPS) is 18.5. The number of methoxy groups -OCH3 is 1. The fourth-order valence-corrected chi connectivity index (χ4v) is 2.29. The summed E-state index contributed by atoms with van der Waals surface area (Å²) in [5.74, 6) is -0.767. The van der Waals surface area contributed by atoms with Crippen LogP contribution in [0.4, 0.5) is 4.79 Å². The third-order valence-corrected chi connectivity index (χ3v) is 3.32. The molecule has 2 unspecified atom stereocenters. The van der Waals surface area contributed by atoms with Gasteiger partial charge in [-0.3, -0.25) is 0 Å². The van der Waals surface area contributed by atoms with E-state index in [9.17, 15) is 9.59 Å². The summed E-state index contributed by atoms with van der Waals surface area (Å²) < 4.78 is 4.75. The minimum atomic E-state index is -1.10. The molecule has 1 saturated heterocycles. The standard InChI is InChI=1S/C13H25N3O4/c1-10(8-16-5-3-4-6-16)7-14-13(19)15-11(9-20-2)12(17)18/h10-11H,3-9H2,1-2H3,(H,17,18)(H2,14,15,19). The molecule has 7 heteroatoms. The molecule has 1 aliphatic heterocycles. The number of hydrogen-bond donors (Lipinski definition) is 3. The molecule has 7 nitrogen and oxygen atoms in total. The number of carboxylic acid groups (broad SMARTS) is 1. The summed E-state index contributed by atoms with van der Waals surface area (Å²) in [5, 5.41) is 14.0. The number of nitrogens with zero attached hydrogens (tertiary/aromatic N) is 1. The van der Waals surface area contributed by atoms with Crippen LogP contribution in [0.5, 0.6) is 0 Å². The molecule has 2 amide bonds. The van der Waals surface area contributed by atoms with Gasteiger partial charge < -0.3 is 25.4 Å². The second kappa shape index (κ2) is 8.76. The van der Waals surface area contributed by atoms with Crippen LogP contribution in [0.2, 0.25) is 0 Å². The van der Waals surface area contributed by atoms with Crippen molar-refractivity contribution in [2.75, 3.05) is 39.9 Å². The zero-order valence-electron chi connectivity index (χ0n) is 12.2. The maximum absolute atomic E-state index is 11.6. The molecular weight excluding hydrogens is 262 g/mol. The molecule has 3 N–H and O–H groups in total. The number of likely N-dealkylation sites (tertiary alicyclic amines) is 1. The quantitative estimate of drug-likeness (QED) is 0.590. The molecule has 0 aromatic heterocycles. The maximum atomic E-state index is 11.6. The average Bonchev–Trinajstić information content (AvgIpc) is 2.88. The van der Waals surface area contributed by atoms with Crippen molar-refractivity contribution in [2.45, 2.75) is 25.8 Å². The number of amides is 2. The van der Waals surface area contributed by atoms with Gasteiger partial charge in [0.05, 0.1) is 6.61 Å². The Labute approximate surface area is 119 Å². The molecule has 0 aliphatic carbocycles. The van der Waals surface area contributed by atoms with Crippen molar-refractivity contribution >= 4 is 12.0 Å². The summed E-state index contributed by atoms with van der Waals surface area (Å²) >= 11 is 0. The predicted octanol–water partition coefficient (Wildman–Crippen LogP) is 0.117. The van der Waals surface area contributed by atoms with E-state index in [-0.39, 0.29) is 6.61 Å². The molecule has 1 fully saturated rings. The molecule has 0 radical (unpaired) electrons. The molecular formula is C13H25N3O4. The highest BCUT2D eigenvalue weighted by atomic mass is 16.5. The van der Waals surface area contributed by atoms with E-state index in [1.54, 1.807) is 0 Å². The third kappa shape index (κ3) is 6.21. The van der Waals surface area contributed by atoms with Gasteiger partial charge >= 0.3 is 12.0 Å². The first-order chi connectivity index (χ1) is 9.52. The van der Waals surface area contributed by atoms with Crippen molar-refractivity contribution in [3.8, 4) is 0 Å². The highest BCUT2D eigenvalue weighted by Crippen LogP contribution is 2.09. The van der Waals surface area contributed by atoms with E-state index in [1.165, 1.54) is 20.0 Å². The molecule has 2 atom stereocenters. The molecule has 0 aromatic carbocycles. The summed E-state index contributed by atoms with van der Waals surface area (Å²) in [4.78, 5) is 24.9. The lowest BCUT2D eigenvalue weighted by molar-refractivity contribution is -0.140. The van der Waals surface area contributed by atoms with Crippen molar-refractivity contribution in [3.05, 3.63) is 0 Å². The first-order valence-corrected chi connectivity index (χ1v) is 7.01. The summed E-state index contributed by atoms with van der Waals surface area (Å²) in [6, 6.07) is -1.49. The van der Waals surface area contributed by atoms with E-state index >= 15 is 0 Å². The van der Waals surface area contributed by atoms with Crippen LogP contribution in [-0.4, -0.2) is 67.9 Å². The van der Waals surface area contributed by atoms with Crippen molar-refractivity contribution in [2.24, 2.45) is 5.92 Å². The molecule has 0 spiro atoms. The molecule has 0 saturated carbocycles. The van der Waals surface area contributed by atoms with Crippen LogP contribution in [0.25, 0.3) is 0 Å². The number of hydrogen-bond acceptors (Lipinski definition) is 4. The Morgan fingerprint density at radius 1 is 1.35 bits per heavy atom. The fourth-order valence-electron chi connectivity index (χ4n) is 2.29. The number of carboxylic acids is 1. The van der Waals surface area contributed by atoms with Gasteiger partial charge in [0.1, 0.15) is 0 Å². The lowest BCUT2D eigenvalue weighted by Crippen LogP contribution is -2.49. The van der Waals surface area contributed by atoms with Crippen LogP contribution in [0.1, 0.15) is 19.8 Å². The first kappa shape index (κ1) is 16.7. The van der Waals surface area contributed by atoms with Gasteiger partial charge in [-0.05, 0) is 31.8 Å². The number of carbonyl (C=O) groups is 2. The van der Waals surface area contributed by atoms with Gasteiger partial charge in [0.25, 0.3) is 0 Å².